The number of allylic oxidation sites excluding steroid dienone is 8. The number of hydrogen-bond donors (Lipinski definition) is 0. The van der Waals surface area contributed by atoms with Gasteiger partial charge in [0.1, 0.15) is 0 Å². The number of esters is 2. The van der Waals surface area contributed by atoms with Gasteiger partial charge in [-0.1, -0.05) is 12.1 Å². The zero-order chi connectivity index (χ0) is 25.3. The van der Waals surface area contributed by atoms with Gasteiger partial charge in [0.05, 0.1) is 0 Å². The molecule has 9 heteroatoms. The molecule has 0 radical (unpaired) electrons. The van der Waals surface area contributed by atoms with Crippen LogP contribution in [0.4, 0.5) is 17.6 Å². The van der Waals surface area contributed by atoms with E-state index in [0.717, 1.165) is 37.1 Å². The van der Waals surface area contributed by atoms with Gasteiger partial charge in [0.15, 0.2) is 0 Å². The molecule has 2 aromatic carbocycles. The van der Waals surface area contributed by atoms with Crippen LogP contribution in [0, 0.1) is 47.6 Å². The summed E-state index contributed by atoms with van der Waals surface area (Å²) in [5, 5.41) is 0. The first-order valence-corrected chi connectivity index (χ1v) is 9.72. The van der Waals surface area contributed by atoms with E-state index in [1.807, 2.05) is 36.4 Å². The van der Waals surface area contributed by atoms with Crippen LogP contribution in [-0.4, -0.2) is 11.9 Å². The number of carbonyl (C=O) groups excluding carboxylic acids is 2. The molecular weight excluding hydrogens is 500 g/mol. The smallest absolute Gasteiger partial charge is 0.491 e. The van der Waals surface area contributed by atoms with Gasteiger partial charge in [-0.3, -0.25) is 30.5 Å². The standard InChI is InChI=1S/2C8H5F2O2.2C5H5.Ti/c2*1-5(11)12-6-2-3-7(9)8(10)4-6;2*1-2-4-5-3-1;/h2*2,4H,1H3;2*1-3H,4H2;/q4*-1;+4. The van der Waals surface area contributed by atoms with Gasteiger partial charge >= 0.3 is 21.7 Å². The monoisotopic (exact) mass is 520 g/mol. The molecule has 2 aliphatic carbocycles. The number of rotatable bonds is 2. The maximum Gasteiger partial charge on any atom is 4.00 e. The number of carbonyl (C=O) groups is 2. The van der Waals surface area contributed by atoms with E-state index in [9.17, 15) is 27.2 Å². The molecular formula is C26H20F4O4Ti. The van der Waals surface area contributed by atoms with E-state index in [1.54, 1.807) is 0 Å². The topological polar surface area (TPSA) is 52.6 Å². The van der Waals surface area contributed by atoms with Crippen molar-refractivity contribution in [1.29, 1.82) is 0 Å². The van der Waals surface area contributed by atoms with E-state index in [1.165, 1.54) is 13.8 Å². The Labute approximate surface area is 216 Å². The predicted molar refractivity (Wildman–Crippen MR) is 116 cm³/mol. The number of halogens is 4. The molecule has 4 rings (SSSR count). The molecule has 0 spiro atoms. The molecule has 2 aliphatic rings. The van der Waals surface area contributed by atoms with Crippen LogP contribution in [0.15, 0.2) is 60.7 Å². The fourth-order valence-electron chi connectivity index (χ4n) is 2.00. The maximum atomic E-state index is 12.4. The third-order valence-electron chi connectivity index (χ3n) is 3.33. The first-order valence-electron chi connectivity index (χ1n) is 9.72. The van der Waals surface area contributed by atoms with Crippen molar-refractivity contribution in [3.8, 4) is 11.5 Å². The van der Waals surface area contributed by atoms with Crippen molar-refractivity contribution in [2.75, 3.05) is 0 Å². The Morgan fingerprint density at radius 3 is 1.31 bits per heavy atom. The average molecular weight is 520 g/mol. The van der Waals surface area contributed by atoms with Crippen molar-refractivity contribution in [1.82, 2.24) is 0 Å². The van der Waals surface area contributed by atoms with E-state index in [2.05, 4.69) is 33.8 Å². The molecule has 0 N–H and O–H groups in total. The van der Waals surface area contributed by atoms with Gasteiger partial charge in [0, 0.05) is 48.6 Å². The van der Waals surface area contributed by atoms with E-state index in [-0.39, 0.29) is 33.2 Å². The van der Waals surface area contributed by atoms with Crippen LogP contribution in [0.3, 0.4) is 0 Å². The molecule has 0 atom stereocenters. The van der Waals surface area contributed by atoms with Crippen LogP contribution in [-0.2, 0) is 31.3 Å². The van der Waals surface area contributed by atoms with Crippen molar-refractivity contribution >= 4 is 11.9 Å². The van der Waals surface area contributed by atoms with Gasteiger partial charge in [-0.05, 0) is 0 Å². The van der Waals surface area contributed by atoms with Gasteiger partial charge in [-0.25, -0.2) is 33.1 Å². The van der Waals surface area contributed by atoms with Crippen LogP contribution >= 0.6 is 0 Å². The molecule has 0 aromatic heterocycles. The second kappa shape index (κ2) is 18.1. The molecule has 0 saturated carbocycles. The molecule has 0 amide bonds. The van der Waals surface area contributed by atoms with Crippen molar-refractivity contribution in [2.45, 2.75) is 26.7 Å². The van der Waals surface area contributed by atoms with Gasteiger partial charge in [0.2, 0.25) is 0 Å². The molecule has 0 unspecified atom stereocenters. The number of hydrogen-bond acceptors (Lipinski definition) is 4. The zero-order valence-corrected chi connectivity index (χ0v) is 20.4. The van der Waals surface area contributed by atoms with Crippen LogP contribution in [0.25, 0.3) is 0 Å². The van der Waals surface area contributed by atoms with Crippen molar-refractivity contribution in [3.63, 3.8) is 0 Å². The summed E-state index contributed by atoms with van der Waals surface area (Å²) in [5.41, 5.74) is 0. The predicted octanol–water partition coefficient (Wildman–Crippen LogP) is 5.99. The Balaban J connectivity index is 0.000000468. The summed E-state index contributed by atoms with van der Waals surface area (Å²) in [6.07, 6.45) is 20.0. The minimum atomic E-state index is -1.09. The fraction of sp³-hybridized carbons (Fsp3) is 0.154. The van der Waals surface area contributed by atoms with Gasteiger partial charge in [0.25, 0.3) is 11.9 Å². The second-order valence-corrected chi connectivity index (χ2v) is 6.19. The van der Waals surface area contributed by atoms with Gasteiger partial charge in [-0.15, -0.1) is 37.1 Å². The Hall–Kier alpha value is -3.23. The van der Waals surface area contributed by atoms with Gasteiger partial charge in [-0.2, -0.15) is 12.2 Å². The minimum absolute atomic E-state index is 0. The molecule has 2 aromatic rings. The molecule has 0 aliphatic heterocycles. The Kier molecular flexibility index (Phi) is 16.5. The first-order chi connectivity index (χ1) is 16.2. The van der Waals surface area contributed by atoms with Crippen molar-refractivity contribution in [2.24, 2.45) is 0 Å². The quantitative estimate of drug-likeness (QED) is 0.161. The summed E-state index contributed by atoms with van der Waals surface area (Å²) >= 11 is 0. The summed E-state index contributed by atoms with van der Waals surface area (Å²) < 4.78 is 58.3. The third-order valence-corrected chi connectivity index (χ3v) is 3.33. The largest absolute Gasteiger partial charge is 4.00 e. The summed E-state index contributed by atoms with van der Waals surface area (Å²) in [6, 6.07) is 7.59. The normalized spacial score (nSPS) is 11.6. The molecule has 4 nitrogen and oxygen atoms in total. The second-order valence-electron chi connectivity index (χ2n) is 6.19. The zero-order valence-electron chi connectivity index (χ0n) is 18.8. The summed E-state index contributed by atoms with van der Waals surface area (Å²) in [5.74, 6) is -5.65. The summed E-state index contributed by atoms with van der Waals surface area (Å²) in [6.45, 7) is 2.34. The summed E-state index contributed by atoms with van der Waals surface area (Å²) in [7, 11) is 0. The summed E-state index contributed by atoms with van der Waals surface area (Å²) in [4.78, 5) is 20.7. The molecule has 0 bridgehead atoms. The average Bonchev–Trinajstić information content (AvgIpc) is 3.52. The number of ether oxygens (including phenoxy) is 2. The van der Waals surface area contributed by atoms with Crippen molar-refractivity contribution < 1.29 is 58.3 Å². The maximum absolute atomic E-state index is 12.4. The third kappa shape index (κ3) is 15.3. The van der Waals surface area contributed by atoms with Crippen molar-refractivity contribution in [3.05, 3.63) is 108 Å². The van der Waals surface area contributed by atoms with E-state index in [0.29, 0.717) is 0 Å². The van der Waals surface area contributed by atoms with Crippen LogP contribution < -0.4 is 9.47 Å². The first kappa shape index (κ1) is 31.8. The molecule has 0 fully saturated rings. The molecule has 35 heavy (non-hydrogen) atoms. The Morgan fingerprint density at radius 1 is 0.743 bits per heavy atom. The Morgan fingerprint density at radius 2 is 1.11 bits per heavy atom. The fourth-order valence-corrected chi connectivity index (χ4v) is 2.00. The molecule has 0 heterocycles. The van der Waals surface area contributed by atoms with Gasteiger partial charge < -0.3 is 9.47 Å². The van der Waals surface area contributed by atoms with Crippen LogP contribution in [0.5, 0.6) is 11.5 Å². The minimum Gasteiger partial charge on any atom is -0.491 e. The van der Waals surface area contributed by atoms with Crippen LogP contribution in [0.2, 0.25) is 0 Å². The Bertz CT molecular complexity index is 974. The number of benzene rings is 2. The SMILES string of the molecule is CC(=O)Oc1c[c-]c(F)c(F)c1.CC(=O)Oc1c[c-]c(F)c(F)c1.[C-]1=CC=CC1.[C-]1=CC=CC1.[Ti+4]. The molecule has 0 saturated heterocycles. The van der Waals surface area contributed by atoms with E-state index >= 15 is 0 Å². The van der Waals surface area contributed by atoms with E-state index in [4.69, 9.17) is 0 Å². The van der Waals surface area contributed by atoms with E-state index < -0.39 is 35.2 Å². The molecule has 180 valence electrons. The van der Waals surface area contributed by atoms with Crippen LogP contribution in [0.1, 0.15) is 26.7 Å².